The van der Waals surface area contributed by atoms with Crippen LogP contribution in [0.5, 0.6) is 0 Å². The number of carbonyl (C=O) groups is 1. The number of nitrogens with one attached hydrogen (secondary N) is 1. The van der Waals surface area contributed by atoms with E-state index in [1.807, 2.05) is 54.3 Å². The molecule has 0 aliphatic heterocycles. The summed E-state index contributed by atoms with van der Waals surface area (Å²) in [4.78, 5) is 17.6. The molecule has 1 aliphatic rings. The van der Waals surface area contributed by atoms with Crippen molar-refractivity contribution in [3.8, 4) is 11.3 Å². The van der Waals surface area contributed by atoms with Crippen LogP contribution in [0.4, 0.5) is 0 Å². The number of carbonyl (C=O) groups excluding carboxylic acids is 1. The second kappa shape index (κ2) is 7.76. The summed E-state index contributed by atoms with van der Waals surface area (Å²) in [6.07, 6.45) is 9.24. The largest absolute Gasteiger partial charge is 0.351 e. The molecule has 0 saturated heterocycles. The zero-order valence-corrected chi connectivity index (χ0v) is 16.6. The minimum atomic E-state index is -0.461. The number of nitrogens with zero attached hydrogens (tertiary/aromatic N) is 3. The first kappa shape index (κ1) is 18.7. The summed E-state index contributed by atoms with van der Waals surface area (Å²) < 4.78 is 1.81. The Morgan fingerprint density at radius 1 is 1.18 bits per heavy atom. The average molecular weight is 395 g/mol. The van der Waals surface area contributed by atoms with Gasteiger partial charge in [0, 0.05) is 42.8 Å². The average Bonchev–Trinajstić information content (AvgIpc) is 3.37. The number of benzene rings is 1. The lowest BCUT2D eigenvalue weighted by Crippen LogP contribution is -2.42. The Bertz CT molecular complexity index is 974. The quantitative estimate of drug-likeness (QED) is 0.703. The highest BCUT2D eigenvalue weighted by atomic mass is 35.5. The van der Waals surface area contributed by atoms with Gasteiger partial charge in [-0.05, 0) is 48.2 Å². The van der Waals surface area contributed by atoms with Gasteiger partial charge in [-0.25, -0.2) is 0 Å². The highest BCUT2D eigenvalue weighted by molar-refractivity contribution is 6.30. The zero-order chi connectivity index (χ0) is 19.6. The number of hydrogen-bond acceptors (Lipinski definition) is 3. The summed E-state index contributed by atoms with van der Waals surface area (Å²) in [6.45, 7) is 0.451. The topological polar surface area (TPSA) is 59.8 Å². The number of pyridine rings is 1. The van der Waals surface area contributed by atoms with E-state index in [9.17, 15) is 4.79 Å². The molecule has 4 rings (SSSR count). The van der Waals surface area contributed by atoms with Crippen LogP contribution in [0.3, 0.4) is 0 Å². The maximum absolute atomic E-state index is 13.2. The van der Waals surface area contributed by atoms with E-state index in [2.05, 4.69) is 15.4 Å². The fourth-order valence-corrected chi connectivity index (χ4v) is 4.25. The van der Waals surface area contributed by atoms with Crippen molar-refractivity contribution in [2.75, 3.05) is 0 Å². The molecule has 2 heterocycles. The van der Waals surface area contributed by atoms with Crippen molar-refractivity contribution in [1.82, 2.24) is 20.1 Å². The number of aryl methyl sites for hydroxylation is 1. The number of hydrogen-bond donors (Lipinski definition) is 1. The van der Waals surface area contributed by atoms with Crippen LogP contribution in [0.25, 0.3) is 11.3 Å². The molecule has 0 unspecified atom stereocenters. The first-order chi connectivity index (χ1) is 13.6. The monoisotopic (exact) mass is 394 g/mol. The molecular weight excluding hydrogens is 372 g/mol. The molecule has 3 aromatic rings. The molecule has 5 nitrogen and oxygen atoms in total. The summed E-state index contributed by atoms with van der Waals surface area (Å²) in [6, 6.07) is 11.7. The van der Waals surface area contributed by atoms with Crippen molar-refractivity contribution in [2.24, 2.45) is 7.05 Å². The zero-order valence-electron chi connectivity index (χ0n) is 15.9. The van der Waals surface area contributed by atoms with Crippen molar-refractivity contribution in [2.45, 2.75) is 37.6 Å². The second-order valence-electron chi connectivity index (χ2n) is 7.40. The van der Waals surface area contributed by atoms with E-state index >= 15 is 0 Å². The molecule has 0 atom stereocenters. The number of amides is 1. The predicted octanol–water partition coefficient (Wildman–Crippen LogP) is 4.26. The van der Waals surface area contributed by atoms with Crippen molar-refractivity contribution >= 4 is 17.5 Å². The smallest absolute Gasteiger partial charge is 0.230 e. The number of halogens is 1. The maximum Gasteiger partial charge on any atom is 0.230 e. The van der Waals surface area contributed by atoms with E-state index < -0.39 is 5.41 Å². The molecule has 1 amide bonds. The molecule has 2 aromatic heterocycles. The third kappa shape index (κ3) is 3.54. The summed E-state index contributed by atoms with van der Waals surface area (Å²) >= 11 is 6.04. The van der Waals surface area contributed by atoms with Crippen molar-refractivity contribution in [3.05, 3.63) is 71.1 Å². The number of aromatic nitrogens is 3. The Balaban J connectivity index is 1.52. The third-order valence-electron chi connectivity index (χ3n) is 5.65. The van der Waals surface area contributed by atoms with Gasteiger partial charge in [-0.15, -0.1) is 0 Å². The van der Waals surface area contributed by atoms with Crippen LogP contribution >= 0.6 is 11.6 Å². The Morgan fingerprint density at radius 3 is 2.61 bits per heavy atom. The summed E-state index contributed by atoms with van der Waals surface area (Å²) in [5, 5.41) is 8.05. The molecule has 1 N–H and O–H groups in total. The molecule has 144 valence electrons. The van der Waals surface area contributed by atoms with E-state index in [0.717, 1.165) is 48.1 Å². The summed E-state index contributed by atoms with van der Waals surface area (Å²) in [5.41, 5.74) is 3.54. The lowest BCUT2D eigenvalue weighted by atomic mass is 9.78. The summed E-state index contributed by atoms with van der Waals surface area (Å²) in [5.74, 6) is 0.0817. The lowest BCUT2D eigenvalue weighted by Gasteiger charge is -2.28. The van der Waals surface area contributed by atoms with E-state index in [1.165, 1.54) is 0 Å². The van der Waals surface area contributed by atoms with Gasteiger partial charge in [0.1, 0.15) is 0 Å². The van der Waals surface area contributed by atoms with Gasteiger partial charge in [0.15, 0.2) is 0 Å². The van der Waals surface area contributed by atoms with E-state index in [0.29, 0.717) is 11.6 Å². The molecule has 6 heteroatoms. The fourth-order valence-electron chi connectivity index (χ4n) is 4.13. The van der Waals surface area contributed by atoms with Crippen LogP contribution in [0.15, 0.2) is 55.0 Å². The van der Waals surface area contributed by atoms with Gasteiger partial charge in [-0.3, -0.25) is 14.5 Å². The second-order valence-corrected chi connectivity index (χ2v) is 7.84. The van der Waals surface area contributed by atoms with Gasteiger partial charge in [0.25, 0.3) is 0 Å². The van der Waals surface area contributed by atoms with Crippen LogP contribution in [0.1, 0.15) is 36.8 Å². The van der Waals surface area contributed by atoms with Gasteiger partial charge in [0.05, 0.1) is 11.1 Å². The fraction of sp³-hybridized carbons (Fsp3) is 0.318. The van der Waals surface area contributed by atoms with Crippen LogP contribution in [-0.4, -0.2) is 20.7 Å². The van der Waals surface area contributed by atoms with Crippen molar-refractivity contribution in [1.29, 1.82) is 0 Å². The molecule has 1 saturated carbocycles. The third-order valence-corrected chi connectivity index (χ3v) is 5.91. The molecule has 0 spiro atoms. The minimum Gasteiger partial charge on any atom is -0.351 e. The SMILES string of the molecule is Cn1nccc1-c1cncc(CNC(=O)C2(c3ccc(Cl)cc3)CCCC2)c1. The molecule has 1 fully saturated rings. The summed E-state index contributed by atoms with van der Waals surface area (Å²) in [7, 11) is 1.90. The van der Waals surface area contributed by atoms with Crippen LogP contribution in [-0.2, 0) is 23.8 Å². The highest BCUT2D eigenvalue weighted by Gasteiger charge is 2.42. The van der Waals surface area contributed by atoms with Gasteiger partial charge >= 0.3 is 0 Å². The maximum atomic E-state index is 13.2. The standard InChI is InChI=1S/C22H23ClN4O/c1-27-20(8-11-26-27)17-12-16(13-24-15-17)14-25-21(28)22(9-2-3-10-22)18-4-6-19(23)7-5-18/h4-8,11-13,15H,2-3,9-10,14H2,1H3,(H,25,28). The first-order valence-corrected chi connectivity index (χ1v) is 9.93. The van der Waals surface area contributed by atoms with E-state index in [1.54, 1.807) is 12.4 Å². The minimum absolute atomic E-state index is 0.0817. The Kier molecular flexibility index (Phi) is 5.18. The van der Waals surface area contributed by atoms with Crippen LogP contribution < -0.4 is 5.32 Å². The number of rotatable bonds is 5. The van der Waals surface area contributed by atoms with Crippen LogP contribution in [0, 0.1) is 0 Å². The van der Waals surface area contributed by atoms with Crippen molar-refractivity contribution in [3.63, 3.8) is 0 Å². The van der Waals surface area contributed by atoms with E-state index in [-0.39, 0.29) is 5.91 Å². The molecule has 0 bridgehead atoms. The molecule has 0 radical (unpaired) electrons. The normalized spacial score (nSPS) is 15.5. The molecule has 28 heavy (non-hydrogen) atoms. The molecular formula is C22H23ClN4O. The first-order valence-electron chi connectivity index (χ1n) is 9.55. The van der Waals surface area contributed by atoms with E-state index in [4.69, 9.17) is 11.6 Å². The van der Waals surface area contributed by atoms with Gasteiger partial charge in [0.2, 0.25) is 5.91 Å². The molecule has 1 aromatic carbocycles. The van der Waals surface area contributed by atoms with Gasteiger partial charge < -0.3 is 5.32 Å². The van der Waals surface area contributed by atoms with Crippen LogP contribution in [0.2, 0.25) is 5.02 Å². The Morgan fingerprint density at radius 2 is 1.93 bits per heavy atom. The predicted molar refractivity (Wildman–Crippen MR) is 110 cm³/mol. The van der Waals surface area contributed by atoms with Gasteiger partial charge in [-0.1, -0.05) is 36.6 Å². The lowest BCUT2D eigenvalue weighted by molar-refractivity contribution is -0.126. The van der Waals surface area contributed by atoms with Gasteiger partial charge in [-0.2, -0.15) is 5.10 Å². The molecule has 1 aliphatic carbocycles. The highest BCUT2D eigenvalue weighted by Crippen LogP contribution is 2.41. The Labute approximate surface area is 169 Å². The Hall–Kier alpha value is -2.66. The van der Waals surface area contributed by atoms with Crippen molar-refractivity contribution < 1.29 is 4.79 Å².